The number of fused-ring (bicyclic) bond motifs is 1. The normalized spacial score (nSPS) is 19.0. The molecule has 0 aliphatic heterocycles. The van der Waals surface area contributed by atoms with Crippen molar-refractivity contribution in [1.29, 1.82) is 0 Å². The number of nitrogens with one attached hydrogen (secondary N) is 3. The van der Waals surface area contributed by atoms with Crippen LogP contribution in [-0.4, -0.2) is 60.5 Å². The number of aromatic amines is 2. The van der Waals surface area contributed by atoms with Gasteiger partial charge in [0.05, 0.1) is 18.8 Å². The van der Waals surface area contributed by atoms with E-state index in [0.29, 0.717) is 29.0 Å². The number of H-pyrrole nitrogens is 2. The van der Waals surface area contributed by atoms with Gasteiger partial charge in [-0.2, -0.15) is 19.6 Å². The molecule has 0 bridgehead atoms. The van der Waals surface area contributed by atoms with Crippen molar-refractivity contribution < 1.29 is 9.84 Å². The number of nitrogens with zero attached hydrogens (tertiary/aromatic N) is 5. The van der Waals surface area contributed by atoms with Gasteiger partial charge in [0.1, 0.15) is 5.69 Å². The first-order chi connectivity index (χ1) is 14.5. The van der Waals surface area contributed by atoms with Crippen LogP contribution in [0.25, 0.3) is 11.7 Å². The molecule has 3 aromatic heterocycles. The predicted octanol–water partition coefficient (Wildman–Crippen LogP) is -0.314. The van der Waals surface area contributed by atoms with E-state index in [1.807, 2.05) is 6.92 Å². The maximum atomic E-state index is 11.4. The van der Waals surface area contributed by atoms with E-state index in [1.165, 1.54) is 0 Å². The Labute approximate surface area is 170 Å². The SMILES string of the molecule is CCOCC1(CNc2nc(=NC3CC3)n3ncc(=Cc4[nH]c(=O)[nH]c4O)c3n2)CC1. The summed E-state index contributed by atoms with van der Waals surface area (Å²) >= 11 is 0. The van der Waals surface area contributed by atoms with Gasteiger partial charge < -0.3 is 20.1 Å². The second-order valence-corrected chi connectivity index (χ2v) is 8.02. The lowest BCUT2D eigenvalue weighted by Gasteiger charge is -2.15. The zero-order valence-corrected chi connectivity index (χ0v) is 16.7. The van der Waals surface area contributed by atoms with Crippen LogP contribution in [0.3, 0.4) is 0 Å². The summed E-state index contributed by atoms with van der Waals surface area (Å²) in [5.74, 6) is 0.243. The smallest absolute Gasteiger partial charge is 0.326 e. The number of hydrogen-bond donors (Lipinski definition) is 4. The first-order valence-corrected chi connectivity index (χ1v) is 10.2. The first kappa shape index (κ1) is 18.8. The van der Waals surface area contributed by atoms with E-state index >= 15 is 0 Å². The lowest BCUT2D eigenvalue weighted by molar-refractivity contribution is 0.105. The highest BCUT2D eigenvalue weighted by atomic mass is 16.5. The molecule has 0 amide bonds. The Morgan fingerprint density at radius 3 is 2.90 bits per heavy atom. The molecule has 2 saturated carbocycles. The molecule has 0 unspecified atom stereocenters. The van der Waals surface area contributed by atoms with Crippen LogP contribution in [0.4, 0.5) is 5.95 Å². The number of rotatable bonds is 8. The molecule has 2 fully saturated rings. The number of aromatic nitrogens is 6. The summed E-state index contributed by atoms with van der Waals surface area (Å²) in [5, 5.41) is 18.2. The van der Waals surface area contributed by atoms with Gasteiger partial charge in [0, 0.05) is 23.8 Å². The Morgan fingerprint density at radius 2 is 2.23 bits per heavy atom. The van der Waals surface area contributed by atoms with Crippen LogP contribution >= 0.6 is 0 Å². The minimum absolute atomic E-state index is 0.144. The second-order valence-electron chi connectivity index (χ2n) is 8.02. The largest absolute Gasteiger partial charge is 0.493 e. The Morgan fingerprint density at radius 1 is 1.40 bits per heavy atom. The highest BCUT2D eigenvalue weighted by Crippen LogP contribution is 2.45. The molecule has 11 nitrogen and oxygen atoms in total. The number of aromatic hydroxyl groups is 1. The summed E-state index contributed by atoms with van der Waals surface area (Å²) < 4.78 is 7.20. The number of hydrogen-bond acceptors (Lipinski definition) is 8. The van der Waals surface area contributed by atoms with Gasteiger partial charge in [0.2, 0.25) is 11.8 Å². The fourth-order valence-electron chi connectivity index (χ4n) is 3.29. The molecular weight excluding hydrogens is 388 g/mol. The summed E-state index contributed by atoms with van der Waals surface area (Å²) in [5.41, 5.74) is 0.956. The molecule has 158 valence electrons. The van der Waals surface area contributed by atoms with E-state index in [9.17, 15) is 9.90 Å². The van der Waals surface area contributed by atoms with Crippen molar-refractivity contribution in [3.05, 3.63) is 33.2 Å². The summed E-state index contributed by atoms with van der Waals surface area (Å²) in [7, 11) is 0. The topological polar surface area (TPSA) is 146 Å². The fourth-order valence-corrected chi connectivity index (χ4v) is 3.29. The Kier molecular flexibility index (Phi) is 4.54. The summed E-state index contributed by atoms with van der Waals surface area (Å²) in [6.45, 7) is 4.16. The number of ether oxygens (including phenoxy) is 1. The lowest BCUT2D eigenvalue weighted by Crippen LogP contribution is -2.27. The highest BCUT2D eigenvalue weighted by Gasteiger charge is 2.42. The average Bonchev–Trinajstić information content (AvgIpc) is 3.63. The monoisotopic (exact) mass is 412 g/mol. The van der Waals surface area contributed by atoms with E-state index in [4.69, 9.17) is 4.74 Å². The quantitative estimate of drug-likeness (QED) is 0.397. The molecule has 5 rings (SSSR count). The van der Waals surface area contributed by atoms with Crippen LogP contribution in [0.5, 0.6) is 5.88 Å². The third kappa shape index (κ3) is 3.80. The van der Waals surface area contributed by atoms with Gasteiger partial charge in [0.15, 0.2) is 5.65 Å². The van der Waals surface area contributed by atoms with Gasteiger partial charge in [-0.05, 0) is 38.7 Å². The van der Waals surface area contributed by atoms with Crippen molar-refractivity contribution >= 4 is 17.7 Å². The molecule has 2 aliphatic rings. The average molecular weight is 412 g/mol. The molecular formula is C19H24N8O3. The Balaban J connectivity index is 1.53. The maximum absolute atomic E-state index is 11.4. The standard InChI is InChI=1S/C19H24N8O3/c1-2-30-10-19(5-6-19)9-20-16-24-14-11(7-13-15(28)25-18(29)23-13)8-21-27(14)17(26-16)22-12-3-4-12/h7-8,12,28H,2-6,9-10H2,1H3,(H,20,22,26)(H2,23,25,29). The van der Waals surface area contributed by atoms with E-state index in [1.54, 1.807) is 16.8 Å². The number of imidazole rings is 1. The summed E-state index contributed by atoms with van der Waals surface area (Å²) in [4.78, 5) is 30.1. The van der Waals surface area contributed by atoms with Crippen LogP contribution in [0.2, 0.25) is 0 Å². The van der Waals surface area contributed by atoms with Crippen LogP contribution in [0.1, 0.15) is 38.3 Å². The lowest BCUT2D eigenvalue weighted by atomic mass is 10.1. The molecule has 11 heteroatoms. The third-order valence-corrected chi connectivity index (χ3v) is 5.45. The Hall–Kier alpha value is -3.21. The van der Waals surface area contributed by atoms with Crippen molar-refractivity contribution in [2.75, 3.05) is 25.1 Å². The predicted molar refractivity (Wildman–Crippen MR) is 108 cm³/mol. The van der Waals surface area contributed by atoms with Gasteiger partial charge in [-0.15, -0.1) is 0 Å². The second kappa shape index (κ2) is 7.24. The minimum atomic E-state index is -0.486. The number of anilines is 1. The van der Waals surface area contributed by atoms with Crippen molar-refractivity contribution in [2.24, 2.45) is 10.4 Å². The van der Waals surface area contributed by atoms with Gasteiger partial charge in [0.25, 0.3) is 5.62 Å². The fraction of sp³-hybridized carbons (Fsp3) is 0.526. The summed E-state index contributed by atoms with van der Waals surface area (Å²) in [6.07, 6.45) is 7.56. The molecule has 0 aromatic carbocycles. The van der Waals surface area contributed by atoms with Crippen molar-refractivity contribution in [1.82, 2.24) is 29.5 Å². The van der Waals surface area contributed by atoms with Crippen LogP contribution < -0.4 is 21.8 Å². The molecule has 0 atom stereocenters. The van der Waals surface area contributed by atoms with E-state index in [-0.39, 0.29) is 23.0 Å². The maximum Gasteiger partial charge on any atom is 0.326 e. The molecule has 2 aliphatic carbocycles. The van der Waals surface area contributed by atoms with Crippen LogP contribution in [0, 0.1) is 5.41 Å². The van der Waals surface area contributed by atoms with Crippen molar-refractivity contribution in [3.8, 4) is 5.88 Å². The first-order valence-electron chi connectivity index (χ1n) is 10.2. The van der Waals surface area contributed by atoms with E-state index in [2.05, 4.69) is 35.3 Å². The molecule has 3 aromatic rings. The van der Waals surface area contributed by atoms with Gasteiger partial charge in [-0.3, -0.25) is 4.98 Å². The van der Waals surface area contributed by atoms with Crippen LogP contribution in [0.15, 0.2) is 16.0 Å². The zero-order chi connectivity index (χ0) is 20.7. The van der Waals surface area contributed by atoms with E-state index in [0.717, 1.165) is 38.8 Å². The highest BCUT2D eigenvalue weighted by molar-refractivity contribution is 5.57. The van der Waals surface area contributed by atoms with Crippen LogP contribution in [-0.2, 0) is 4.74 Å². The molecule has 30 heavy (non-hydrogen) atoms. The van der Waals surface area contributed by atoms with Gasteiger partial charge in [-0.1, -0.05) is 0 Å². The minimum Gasteiger partial charge on any atom is -0.493 e. The third-order valence-electron chi connectivity index (χ3n) is 5.45. The Bertz CT molecular complexity index is 1250. The molecule has 3 heterocycles. The van der Waals surface area contributed by atoms with Crippen molar-refractivity contribution in [2.45, 2.75) is 38.6 Å². The zero-order valence-electron chi connectivity index (χ0n) is 16.7. The molecule has 0 spiro atoms. The van der Waals surface area contributed by atoms with E-state index < -0.39 is 5.69 Å². The molecule has 0 radical (unpaired) electrons. The van der Waals surface area contributed by atoms with Crippen molar-refractivity contribution in [3.63, 3.8) is 0 Å². The summed E-state index contributed by atoms with van der Waals surface area (Å²) in [6, 6.07) is 0.269. The molecule has 4 N–H and O–H groups in total. The molecule has 0 saturated heterocycles. The van der Waals surface area contributed by atoms with Gasteiger partial charge in [-0.25, -0.2) is 9.79 Å². The van der Waals surface area contributed by atoms with Gasteiger partial charge >= 0.3 is 5.69 Å².